The van der Waals surface area contributed by atoms with Gasteiger partial charge in [-0.2, -0.15) is 0 Å². The van der Waals surface area contributed by atoms with E-state index in [0.717, 1.165) is 22.4 Å². The molecule has 1 fully saturated rings. The maximum Gasteiger partial charge on any atom is 0.140 e. The fraction of sp³-hybridized carbons (Fsp3) is 0.545. The van der Waals surface area contributed by atoms with Crippen LogP contribution in [0, 0.1) is 12.8 Å². The van der Waals surface area contributed by atoms with Gasteiger partial charge in [0.2, 0.25) is 0 Å². The Morgan fingerprint density at radius 2 is 2.40 bits per heavy atom. The molecule has 1 aliphatic carbocycles. The average Bonchev–Trinajstić information content (AvgIpc) is 2.99. The Balaban J connectivity index is 1.92. The fourth-order valence-corrected chi connectivity index (χ4v) is 2.42. The second kappa shape index (κ2) is 4.71. The summed E-state index contributed by atoms with van der Waals surface area (Å²) in [6.07, 6.45) is 4.41. The number of aromatic nitrogens is 1. The summed E-state index contributed by atoms with van der Waals surface area (Å²) in [7, 11) is 0. The number of nitrogens with one attached hydrogen (secondary N) is 1. The van der Waals surface area contributed by atoms with Crippen molar-refractivity contribution in [2.45, 2.75) is 25.1 Å². The summed E-state index contributed by atoms with van der Waals surface area (Å²) in [5, 5.41) is 3.51. The molecule has 1 aromatic heterocycles. The van der Waals surface area contributed by atoms with Crippen molar-refractivity contribution in [2.24, 2.45) is 5.92 Å². The highest BCUT2D eigenvalue weighted by Gasteiger charge is 2.29. The maximum atomic E-state index is 6.21. The molecule has 1 unspecified atom stereocenters. The predicted octanol–water partition coefficient (Wildman–Crippen LogP) is 3.58. The van der Waals surface area contributed by atoms with Crippen LogP contribution < -0.4 is 5.32 Å². The van der Waals surface area contributed by atoms with Crippen molar-refractivity contribution in [3.63, 3.8) is 0 Å². The quantitative estimate of drug-likeness (QED) is 0.857. The number of halogens is 2. The second-order valence-electron chi connectivity index (χ2n) is 4.08. The van der Waals surface area contributed by atoms with E-state index in [1.54, 1.807) is 0 Å². The van der Waals surface area contributed by atoms with E-state index in [2.05, 4.69) is 32.3 Å². The highest BCUT2D eigenvalue weighted by atomic mass is 79.9. The van der Waals surface area contributed by atoms with E-state index in [9.17, 15) is 0 Å². The fourth-order valence-electron chi connectivity index (χ4n) is 1.48. The number of nitrogens with zero attached hydrogens (tertiary/aromatic N) is 1. The average molecular weight is 290 g/mol. The number of anilines is 1. The lowest BCUT2D eigenvalue weighted by molar-refractivity contribution is 0.768. The first-order chi connectivity index (χ1) is 7.16. The van der Waals surface area contributed by atoms with Gasteiger partial charge in [-0.05, 0) is 53.2 Å². The third-order valence-electron chi connectivity index (χ3n) is 2.58. The lowest BCUT2D eigenvalue weighted by atomic mass is 10.3. The van der Waals surface area contributed by atoms with Gasteiger partial charge in [0, 0.05) is 12.7 Å². The van der Waals surface area contributed by atoms with Crippen LogP contribution in [-0.2, 0) is 0 Å². The highest BCUT2D eigenvalue weighted by molar-refractivity contribution is 9.10. The van der Waals surface area contributed by atoms with Crippen LogP contribution in [0.1, 0.15) is 18.4 Å². The van der Waals surface area contributed by atoms with Gasteiger partial charge in [-0.15, -0.1) is 11.6 Å². The Morgan fingerprint density at radius 1 is 1.67 bits per heavy atom. The number of rotatable bonds is 4. The zero-order valence-corrected chi connectivity index (χ0v) is 11.0. The molecule has 1 aromatic rings. The molecule has 2 rings (SSSR count). The van der Waals surface area contributed by atoms with Crippen molar-refractivity contribution in [3.05, 3.63) is 22.3 Å². The first-order valence-electron chi connectivity index (χ1n) is 5.17. The summed E-state index contributed by atoms with van der Waals surface area (Å²) in [5.74, 6) is 1.59. The molecule has 1 saturated carbocycles. The topological polar surface area (TPSA) is 24.9 Å². The summed E-state index contributed by atoms with van der Waals surface area (Å²) in [6.45, 7) is 2.82. The molecule has 1 atom stereocenters. The first-order valence-corrected chi connectivity index (χ1v) is 6.40. The van der Waals surface area contributed by atoms with Gasteiger partial charge in [-0.25, -0.2) is 4.98 Å². The first kappa shape index (κ1) is 11.2. The van der Waals surface area contributed by atoms with Crippen LogP contribution in [0.2, 0.25) is 0 Å². The molecule has 0 saturated heterocycles. The summed E-state index contributed by atoms with van der Waals surface area (Å²) < 4.78 is 1.00. The zero-order chi connectivity index (χ0) is 10.8. The molecule has 1 aliphatic rings. The normalized spacial score (nSPS) is 17.5. The van der Waals surface area contributed by atoms with Crippen molar-refractivity contribution < 1.29 is 0 Å². The lowest BCUT2D eigenvalue weighted by Gasteiger charge is -2.11. The predicted molar refractivity (Wildman–Crippen MR) is 67.5 cm³/mol. The summed E-state index contributed by atoms with van der Waals surface area (Å²) >= 11 is 9.69. The van der Waals surface area contributed by atoms with Gasteiger partial charge in [0.05, 0.1) is 9.85 Å². The molecule has 0 aliphatic heterocycles. The van der Waals surface area contributed by atoms with Crippen LogP contribution in [-0.4, -0.2) is 16.9 Å². The largest absolute Gasteiger partial charge is 0.368 e. The molecule has 1 heterocycles. The minimum atomic E-state index is 0.236. The zero-order valence-electron chi connectivity index (χ0n) is 8.63. The van der Waals surface area contributed by atoms with Crippen LogP contribution in [0.25, 0.3) is 0 Å². The summed E-state index contributed by atoms with van der Waals surface area (Å²) in [6, 6.07) is 2.05. The van der Waals surface area contributed by atoms with E-state index in [1.807, 2.05) is 13.1 Å². The molecular formula is C11H14BrClN2. The molecule has 0 amide bonds. The van der Waals surface area contributed by atoms with Gasteiger partial charge >= 0.3 is 0 Å². The Hall–Kier alpha value is -0.280. The maximum absolute atomic E-state index is 6.21. The summed E-state index contributed by atoms with van der Waals surface area (Å²) in [4.78, 5) is 4.31. The molecule has 0 aromatic carbocycles. The lowest BCUT2D eigenvalue weighted by Crippen LogP contribution is -2.16. The van der Waals surface area contributed by atoms with Gasteiger partial charge in [-0.1, -0.05) is 0 Å². The van der Waals surface area contributed by atoms with Crippen molar-refractivity contribution in [1.82, 2.24) is 4.98 Å². The third-order valence-corrected chi connectivity index (χ3v) is 3.69. The molecular weight excluding hydrogens is 275 g/mol. The number of pyridine rings is 1. The van der Waals surface area contributed by atoms with E-state index >= 15 is 0 Å². The van der Waals surface area contributed by atoms with Gasteiger partial charge < -0.3 is 5.32 Å². The van der Waals surface area contributed by atoms with Crippen molar-refractivity contribution >= 4 is 33.3 Å². The van der Waals surface area contributed by atoms with Gasteiger partial charge in [0.1, 0.15) is 5.82 Å². The van der Waals surface area contributed by atoms with Crippen LogP contribution >= 0.6 is 27.5 Å². The SMILES string of the molecule is Cc1cnc(NCC(Cl)C2CC2)c(Br)c1. The molecule has 15 heavy (non-hydrogen) atoms. The van der Waals surface area contributed by atoms with Gasteiger partial charge in [0.15, 0.2) is 0 Å². The minimum absolute atomic E-state index is 0.236. The number of hydrogen-bond donors (Lipinski definition) is 1. The van der Waals surface area contributed by atoms with Crippen LogP contribution in [0.4, 0.5) is 5.82 Å². The Bertz CT molecular complexity index is 352. The van der Waals surface area contributed by atoms with Crippen LogP contribution in [0.5, 0.6) is 0 Å². The Kier molecular flexibility index (Phi) is 3.52. The van der Waals surface area contributed by atoms with Gasteiger partial charge in [-0.3, -0.25) is 0 Å². The summed E-state index contributed by atoms with van der Waals surface area (Å²) in [5.41, 5.74) is 1.15. The monoisotopic (exact) mass is 288 g/mol. The van der Waals surface area contributed by atoms with E-state index < -0.39 is 0 Å². The molecule has 0 radical (unpaired) electrons. The van der Waals surface area contributed by atoms with E-state index in [-0.39, 0.29) is 5.38 Å². The van der Waals surface area contributed by atoms with Crippen molar-refractivity contribution in [3.8, 4) is 0 Å². The van der Waals surface area contributed by atoms with E-state index in [4.69, 9.17) is 11.6 Å². The molecule has 2 nitrogen and oxygen atoms in total. The van der Waals surface area contributed by atoms with Crippen molar-refractivity contribution in [2.75, 3.05) is 11.9 Å². The Morgan fingerprint density at radius 3 is 3.00 bits per heavy atom. The molecule has 4 heteroatoms. The standard InChI is InChI=1S/C11H14BrClN2/c1-7-4-9(12)11(14-5-7)15-6-10(13)8-2-3-8/h4-5,8,10H,2-3,6H2,1H3,(H,14,15). The van der Waals surface area contributed by atoms with E-state index in [1.165, 1.54) is 12.8 Å². The minimum Gasteiger partial charge on any atom is -0.368 e. The second-order valence-corrected chi connectivity index (χ2v) is 5.49. The van der Waals surface area contributed by atoms with E-state index in [0.29, 0.717) is 5.92 Å². The van der Waals surface area contributed by atoms with Crippen LogP contribution in [0.3, 0.4) is 0 Å². The molecule has 0 bridgehead atoms. The van der Waals surface area contributed by atoms with Crippen LogP contribution in [0.15, 0.2) is 16.7 Å². The smallest absolute Gasteiger partial charge is 0.140 e. The molecule has 82 valence electrons. The third kappa shape index (κ3) is 3.08. The highest BCUT2D eigenvalue weighted by Crippen LogP contribution is 2.35. The number of aryl methyl sites for hydroxylation is 1. The molecule has 0 spiro atoms. The number of hydrogen-bond acceptors (Lipinski definition) is 2. The van der Waals surface area contributed by atoms with Crippen molar-refractivity contribution in [1.29, 1.82) is 0 Å². The Labute approximate surface area is 104 Å². The number of alkyl halides is 1. The molecule has 1 N–H and O–H groups in total. The van der Waals surface area contributed by atoms with Gasteiger partial charge in [0.25, 0.3) is 0 Å².